The van der Waals surface area contributed by atoms with Crippen molar-refractivity contribution in [3.8, 4) is 11.6 Å². The number of ether oxygens (including phenoxy) is 1. The second-order valence-electron chi connectivity index (χ2n) is 4.06. The fourth-order valence-corrected chi connectivity index (χ4v) is 1.47. The Bertz CT molecular complexity index is 576. The number of nitrogens with zero attached hydrogens (tertiary/aromatic N) is 1. The zero-order chi connectivity index (χ0) is 13.1. The molecule has 0 unspecified atom stereocenters. The molecule has 0 atom stereocenters. The van der Waals surface area contributed by atoms with Gasteiger partial charge in [0, 0.05) is 12.3 Å². The Balaban J connectivity index is 2.30. The molecule has 2 aromatic rings. The van der Waals surface area contributed by atoms with Crippen LogP contribution in [0, 0.1) is 13.8 Å². The van der Waals surface area contributed by atoms with Crippen molar-refractivity contribution in [3.63, 3.8) is 0 Å². The molecule has 0 aliphatic carbocycles. The molecule has 1 aromatic carbocycles. The minimum Gasteiger partial charge on any atom is -0.478 e. The number of benzene rings is 1. The molecule has 2 rings (SSSR count). The van der Waals surface area contributed by atoms with Gasteiger partial charge in [-0.15, -0.1) is 0 Å². The van der Waals surface area contributed by atoms with Crippen LogP contribution in [0.25, 0.3) is 0 Å². The highest BCUT2D eigenvalue weighted by Crippen LogP contribution is 2.24. The molecular weight excluding hydrogens is 230 g/mol. The molecule has 1 aromatic heterocycles. The Hall–Kier alpha value is -2.36. The van der Waals surface area contributed by atoms with E-state index in [1.54, 1.807) is 24.4 Å². The van der Waals surface area contributed by atoms with Gasteiger partial charge in [0.1, 0.15) is 5.75 Å². The van der Waals surface area contributed by atoms with Crippen LogP contribution in [-0.2, 0) is 0 Å². The van der Waals surface area contributed by atoms with E-state index in [0.29, 0.717) is 11.6 Å². The van der Waals surface area contributed by atoms with Crippen LogP contribution in [0.4, 0.5) is 0 Å². The largest absolute Gasteiger partial charge is 0.478 e. The van der Waals surface area contributed by atoms with Gasteiger partial charge in [0.15, 0.2) is 0 Å². The first-order valence-corrected chi connectivity index (χ1v) is 5.51. The topological polar surface area (TPSA) is 59.4 Å². The quantitative estimate of drug-likeness (QED) is 0.899. The standard InChI is InChI=1S/C14H13NO3/c1-9-3-6-13(15-8-9)18-12-7-11(14(16)17)5-4-10(12)2/h3-8H,1-2H3,(H,16,17). The molecule has 1 heterocycles. The lowest BCUT2D eigenvalue weighted by molar-refractivity contribution is 0.0696. The summed E-state index contributed by atoms with van der Waals surface area (Å²) in [5.41, 5.74) is 2.10. The summed E-state index contributed by atoms with van der Waals surface area (Å²) in [6.07, 6.45) is 1.70. The minimum atomic E-state index is -0.975. The number of aromatic nitrogens is 1. The van der Waals surface area contributed by atoms with Crippen molar-refractivity contribution in [2.45, 2.75) is 13.8 Å². The molecule has 0 saturated heterocycles. The molecular formula is C14H13NO3. The number of carboxylic acid groups (broad SMARTS) is 1. The second-order valence-corrected chi connectivity index (χ2v) is 4.06. The maximum Gasteiger partial charge on any atom is 0.335 e. The van der Waals surface area contributed by atoms with Crippen LogP contribution < -0.4 is 4.74 Å². The number of hydrogen-bond acceptors (Lipinski definition) is 3. The molecule has 0 radical (unpaired) electrons. The molecule has 0 aliphatic heterocycles. The van der Waals surface area contributed by atoms with E-state index in [1.807, 2.05) is 19.9 Å². The minimum absolute atomic E-state index is 0.197. The summed E-state index contributed by atoms with van der Waals surface area (Å²) in [6, 6.07) is 8.40. The van der Waals surface area contributed by atoms with Gasteiger partial charge < -0.3 is 9.84 Å². The van der Waals surface area contributed by atoms with Gasteiger partial charge in [0.25, 0.3) is 0 Å². The van der Waals surface area contributed by atoms with E-state index in [4.69, 9.17) is 9.84 Å². The van der Waals surface area contributed by atoms with Crippen LogP contribution in [0.2, 0.25) is 0 Å². The third-order valence-corrected chi connectivity index (χ3v) is 2.53. The lowest BCUT2D eigenvalue weighted by Crippen LogP contribution is -1.98. The smallest absolute Gasteiger partial charge is 0.335 e. The van der Waals surface area contributed by atoms with E-state index in [9.17, 15) is 4.79 Å². The fourth-order valence-electron chi connectivity index (χ4n) is 1.47. The normalized spacial score (nSPS) is 10.1. The summed E-state index contributed by atoms with van der Waals surface area (Å²) >= 11 is 0. The SMILES string of the molecule is Cc1ccc(Oc2cc(C(=O)O)ccc2C)nc1. The van der Waals surface area contributed by atoms with Gasteiger partial charge in [-0.1, -0.05) is 12.1 Å². The molecule has 0 bridgehead atoms. The van der Waals surface area contributed by atoms with Crippen LogP contribution in [0.5, 0.6) is 11.6 Å². The maximum atomic E-state index is 10.9. The molecule has 1 N–H and O–H groups in total. The highest BCUT2D eigenvalue weighted by atomic mass is 16.5. The monoisotopic (exact) mass is 243 g/mol. The van der Waals surface area contributed by atoms with Crippen molar-refractivity contribution in [3.05, 3.63) is 53.2 Å². The first kappa shape index (κ1) is 12.1. The zero-order valence-electron chi connectivity index (χ0n) is 10.2. The van der Waals surface area contributed by atoms with Gasteiger partial charge >= 0.3 is 5.97 Å². The maximum absolute atomic E-state index is 10.9. The van der Waals surface area contributed by atoms with Crippen molar-refractivity contribution in [1.29, 1.82) is 0 Å². The fraction of sp³-hybridized carbons (Fsp3) is 0.143. The lowest BCUT2D eigenvalue weighted by atomic mass is 10.1. The van der Waals surface area contributed by atoms with Gasteiger partial charge in [-0.2, -0.15) is 0 Å². The van der Waals surface area contributed by atoms with Gasteiger partial charge in [-0.05, 0) is 37.1 Å². The van der Waals surface area contributed by atoms with E-state index >= 15 is 0 Å². The highest BCUT2D eigenvalue weighted by Gasteiger charge is 2.08. The molecule has 4 nitrogen and oxygen atoms in total. The van der Waals surface area contributed by atoms with Crippen molar-refractivity contribution in [2.24, 2.45) is 0 Å². The number of carboxylic acids is 1. The number of aryl methyl sites for hydroxylation is 2. The number of pyridine rings is 1. The van der Waals surface area contributed by atoms with E-state index in [1.165, 1.54) is 6.07 Å². The molecule has 0 saturated carbocycles. The third-order valence-electron chi connectivity index (χ3n) is 2.53. The van der Waals surface area contributed by atoms with Crippen LogP contribution in [0.1, 0.15) is 21.5 Å². The predicted molar refractivity (Wildman–Crippen MR) is 67.2 cm³/mol. The molecule has 18 heavy (non-hydrogen) atoms. The van der Waals surface area contributed by atoms with E-state index in [-0.39, 0.29) is 5.56 Å². The summed E-state index contributed by atoms with van der Waals surface area (Å²) in [6.45, 7) is 3.79. The molecule has 0 aliphatic rings. The number of hydrogen-bond donors (Lipinski definition) is 1. The lowest BCUT2D eigenvalue weighted by Gasteiger charge is -2.08. The molecule has 92 valence electrons. The Morgan fingerprint density at radius 1 is 1.22 bits per heavy atom. The van der Waals surface area contributed by atoms with Gasteiger partial charge in [0.05, 0.1) is 5.56 Å². The highest BCUT2D eigenvalue weighted by molar-refractivity contribution is 5.88. The van der Waals surface area contributed by atoms with Crippen molar-refractivity contribution in [2.75, 3.05) is 0 Å². The average Bonchev–Trinajstić information content (AvgIpc) is 2.34. The second kappa shape index (κ2) is 4.87. The predicted octanol–water partition coefficient (Wildman–Crippen LogP) is 3.19. The van der Waals surface area contributed by atoms with E-state index in [2.05, 4.69) is 4.98 Å². The molecule has 4 heteroatoms. The molecule has 0 amide bonds. The molecule has 0 fully saturated rings. The number of rotatable bonds is 3. The van der Waals surface area contributed by atoms with Crippen LogP contribution in [0.3, 0.4) is 0 Å². The third kappa shape index (κ3) is 2.66. The van der Waals surface area contributed by atoms with Crippen molar-refractivity contribution >= 4 is 5.97 Å². The first-order valence-electron chi connectivity index (χ1n) is 5.51. The zero-order valence-corrected chi connectivity index (χ0v) is 10.2. The summed E-state index contributed by atoms with van der Waals surface area (Å²) < 4.78 is 5.58. The van der Waals surface area contributed by atoms with Crippen LogP contribution in [0.15, 0.2) is 36.5 Å². The van der Waals surface area contributed by atoms with Gasteiger partial charge in [0.2, 0.25) is 5.88 Å². The summed E-state index contributed by atoms with van der Waals surface area (Å²) in [7, 11) is 0. The summed E-state index contributed by atoms with van der Waals surface area (Å²) in [5, 5.41) is 8.93. The van der Waals surface area contributed by atoms with Crippen LogP contribution >= 0.6 is 0 Å². The summed E-state index contributed by atoms with van der Waals surface area (Å²) in [5.74, 6) is -0.0193. The number of carbonyl (C=O) groups is 1. The first-order chi connectivity index (χ1) is 8.56. The Morgan fingerprint density at radius 2 is 2.00 bits per heavy atom. The van der Waals surface area contributed by atoms with E-state index < -0.39 is 5.97 Å². The Labute approximate surface area is 105 Å². The average molecular weight is 243 g/mol. The Morgan fingerprint density at radius 3 is 2.61 bits per heavy atom. The summed E-state index contributed by atoms with van der Waals surface area (Å²) in [4.78, 5) is 15.0. The Kier molecular flexibility index (Phi) is 3.28. The number of aromatic carboxylic acids is 1. The van der Waals surface area contributed by atoms with Gasteiger partial charge in [-0.3, -0.25) is 0 Å². The van der Waals surface area contributed by atoms with Crippen molar-refractivity contribution in [1.82, 2.24) is 4.98 Å². The molecule has 0 spiro atoms. The van der Waals surface area contributed by atoms with Crippen molar-refractivity contribution < 1.29 is 14.6 Å². The van der Waals surface area contributed by atoms with Crippen LogP contribution in [-0.4, -0.2) is 16.1 Å². The van der Waals surface area contributed by atoms with Gasteiger partial charge in [-0.25, -0.2) is 9.78 Å². The van der Waals surface area contributed by atoms with E-state index in [0.717, 1.165) is 11.1 Å².